The maximum absolute atomic E-state index is 13.8. The number of benzene rings is 4. The van der Waals surface area contributed by atoms with Gasteiger partial charge in [-0.2, -0.15) is 0 Å². The first-order valence-corrected chi connectivity index (χ1v) is 15.2. The Morgan fingerprint density at radius 1 is 0.773 bits per heavy atom. The SMILES string of the molecule is COc1ccc(CCNC(=O)c2ccccc2NC(=O)CN(c2cc(C)ccc2OC)S(=O)(=O)c2ccccc2)cc1OC. The zero-order chi connectivity index (χ0) is 31.7. The number of rotatable bonds is 13. The molecule has 230 valence electrons. The highest BCUT2D eigenvalue weighted by Gasteiger charge is 2.30. The summed E-state index contributed by atoms with van der Waals surface area (Å²) in [7, 11) is 0.384. The summed E-state index contributed by atoms with van der Waals surface area (Å²) in [5.41, 5.74) is 2.42. The number of carbonyl (C=O) groups is 2. The molecule has 4 aromatic rings. The van der Waals surface area contributed by atoms with E-state index in [1.54, 1.807) is 80.9 Å². The predicted molar refractivity (Wildman–Crippen MR) is 169 cm³/mol. The minimum Gasteiger partial charge on any atom is -0.495 e. The van der Waals surface area contributed by atoms with Gasteiger partial charge >= 0.3 is 0 Å². The summed E-state index contributed by atoms with van der Waals surface area (Å²) in [6.45, 7) is 1.58. The van der Waals surface area contributed by atoms with Gasteiger partial charge in [-0.1, -0.05) is 42.5 Å². The van der Waals surface area contributed by atoms with Crippen LogP contribution < -0.4 is 29.1 Å². The lowest BCUT2D eigenvalue weighted by Crippen LogP contribution is -2.38. The maximum atomic E-state index is 13.8. The molecule has 4 rings (SSSR count). The summed E-state index contributed by atoms with van der Waals surface area (Å²) in [4.78, 5) is 26.6. The Balaban J connectivity index is 1.52. The molecule has 0 saturated carbocycles. The van der Waals surface area contributed by atoms with E-state index in [9.17, 15) is 18.0 Å². The van der Waals surface area contributed by atoms with Crippen molar-refractivity contribution in [3.05, 3.63) is 108 Å². The number of methoxy groups -OCH3 is 3. The van der Waals surface area contributed by atoms with Gasteiger partial charge in [0.25, 0.3) is 15.9 Å². The molecule has 0 heterocycles. The minimum absolute atomic E-state index is 0.0191. The average molecular weight is 618 g/mol. The third kappa shape index (κ3) is 7.48. The van der Waals surface area contributed by atoms with Crippen LogP contribution in [0.25, 0.3) is 0 Å². The Morgan fingerprint density at radius 2 is 1.43 bits per heavy atom. The van der Waals surface area contributed by atoms with Crippen molar-refractivity contribution in [3.63, 3.8) is 0 Å². The highest BCUT2D eigenvalue weighted by Crippen LogP contribution is 2.33. The highest BCUT2D eigenvalue weighted by atomic mass is 32.2. The van der Waals surface area contributed by atoms with Gasteiger partial charge in [0.2, 0.25) is 5.91 Å². The number of hydrogen-bond donors (Lipinski definition) is 2. The monoisotopic (exact) mass is 617 g/mol. The molecule has 10 nitrogen and oxygen atoms in total. The van der Waals surface area contributed by atoms with E-state index in [4.69, 9.17) is 14.2 Å². The van der Waals surface area contributed by atoms with E-state index in [1.807, 2.05) is 19.1 Å². The molecule has 0 fully saturated rings. The number of carbonyl (C=O) groups excluding carboxylic acids is 2. The molecule has 0 radical (unpaired) electrons. The van der Waals surface area contributed by atoms with Gasteiger partial charge in [-0.3, -0.25) is 13.9 Å². The number of amides is 2. The lowest BCUT2D eigenvalue weighted by atomic mass is 10.1. The second-order valence-corrected chi connectivity index (χ2v) is 11.7. The van der Waals surface area contributed by atoms with Crippen molar-refractivity contribution in [1.82, 2.24) is 5.32 Å². The number of hydrogen-bond acceptors (Lipinski definition) is 7. The van der Waals surface area contributed by atoms with Crippen LogP contribution in [0, 0.1) is 6.92 Å². The number of para-hydroxylation sites is 1. The summed E-state index contributed by atoms with van der Waals surface area (Å²) >= 11 is 0. The van der Waals surface area contributed by atoms with Crippen LogP contribution in [0.5, 0.6) is 17.2 Å². The van der Waals surface area contributed by atoms with E-state index < -0.39 is 28.4 Å². The van der Waals surface area contributed by atoms with Crippen molar-refractivity contribution < 1.29 is 32.2 Å². The molecule has 0 unspecified atom stereocenters. The molecular formula is C33H35N3O7S. The van der Waals surface area contributed by atoms with E-state index in [-0.39, 0.29) is 27.6 Å². The quantitative estimate of drug-likeness (QED) is 0.220. The number of ether oxygens (including phenoxy) is 3. The van der Waals surface area contributed by atoms with Crippen molar-refractivity contribution in [1.29, 1.82) is 0 Å². The Bertz CT molecular complexity index is 1730. The van der Waals surface area contributed by atoms with Gasteiger partial charge in [0.05, 0.1) is 43.2 Å². The summed E-state index contributed by atoms with van der Waals surface area (Å²) in [6, 6.07) is 25.0. The molecule has 0 saturated heterocycles. The number of anilines is 2. The second kappa shape index (κ2) is 14.4. The smallest absolute Gasteiger partial charge is 0.264 e. The molecule has 2 N–H and O–H groups in total. The average Bonchev–Trinajstić information content (AvgIpc) is 3.04. The lowest BCUT2D eigenvalue weighted by Gasteiger charge is -2.26. The molecule has 0 aliphatic heterocycles. The van der Waals surface area contributed by atoms with Crippen LogP contribution in [-0.4, -0.2) is 54.7 Å². The zero-order valence-corrected chi connectivity index (χ0v) is 25.8. The molecule has 44 heavy (non-hydrogen) atoms. The van der Waals surface area contributed by atoms with E-state index in [2.05, 4.69) is 10.6 Å². The Kier molecular flexibility index (Phi) is 10.5. The molecule has 0 spiro atoms. The van der Waals surface area contributed by atoms with Crippen molar-refractivity contribution in [3.8, 4) is 17.2 Å². The second-order valence-electron chi connectivity index (χ2n) is 9.79. The summed E-state index contributed by atoms with van der Waals surface area (Å²) in [5.74, 6) is 0.461. The lowest BCUT2D eigenvalue weighted by molar-refractivity contribution is -0.114. The van der Waals surface area contributed by atoms with Crippen LogP contribution >= 0.6 is 0 Å². The van der Waals surface area contributed by atoms with Crippen LogP contribution in [0.2, 0.25) is 0 Å². The predicted octanol–water partition coefficient (Wildman–Crippen LogP) is 4.83. The molecule has 0 atom stereocenters. The molecule has 0 aliphatic carbocycles. The summed E-state index contributed by atoms with van der Waals surface area (Å²) in [5, 5.41) is 5.60. The van der Waals surface area contributed by atoms with Gasteiger partial charge in [0.15, 0.2) is 11.5 Å². The Morgan fingerprint density at radius 3 is 2.14 bits per heavy atom. The molecule has 4 aromatic carbocycles. The van der Waals surface area contributed by atoms with Gasteiger partial charge in [-0.25, -0.2) is 8.42 Å². The highest BCUT2D eigenvalue weighted by molar-refractivity contribution is 7.92. The fourth-order valence-corrected chi connectivity index (χ4v) is 6.02. The molecule has 0 aliphatic rings. The Labute approximate surface area is 257 Å². The van der Waals surface area contributed by atoms with Crippen molar-refractivity contribution >= 4 is 33.2 Å². The first-order chi connectivity index (χ1) is 21.2. The minimum atomic E-state index is -4.17. The third-order valence-corrected chi connectivity index (χ3v) is 8.59. The van der Waals surface area contributed by atoms with Crippen molar-refractivity contribution in [2.45, 2.75) is 18.2 Å². The molecule has 0 bridgehead atoms. The van der Waals surface area contributed by atoms with Crippen LogP contribution in [-0.2, 0) is 21.2 Å². The van der Waals surface area contributed by atoms with Gasteiger partial charge in [0.1, 0.15) is 12.3 Å². The van der Waals surface area contributed by atoms with Gasteiger partial charge < -0.3 is 24.8 Å². The first kappa shape index (κ1) is 31.9. The zero-order valence-electron chi connectivity index (χ0n) is 25.0. The summed E-state index contributed by atoms with van der Waals surface area (Å²) in [6.07, 6.45) is 0.533. The standard InChI is InChI=1S/C33H35N3O7S/c1-23-14-16-29(41-2)28(20-23)36(44(39,40)25-10-6-5-7-11-25)22-32(37)35-27-13-9-8-12-26(27)33(38)34-19-18-24-15-17-30(42-3)31(21-24)43-4/h5-17,20-21H,18-19,22H2,1-4H3,(H,34,38)(H,35,37). The Hall–Kier alpha value is -5.03. The van der Waals surface area contributed by atoms with Crippen LogP contribution in [0.3, 0.4) is 0 Å². The number of nitrogens with one attached hydrogen (secondary N) is 2. The number of aryl methyl sites for hydroxylation is 1. The number of nitrogens with zero attached hydrogens (tertiary/aromatic N) is 1. The topological polar surface area (TPSA) is 123 Å². The molecular weight excluding hydrogens is 582 g/mol. The van der Waals surface area contributed by atoms with E-state index in [0.717, 1.165) is 15.4 Å². The third-order valence-electron chi connectivity index (χ3n) is 6.81. The van der Waals surface area contributed by atoms with Crippen molar-refractivity contribution in [2.24, 2.45) is 0 Å². The van der Waals surface area contributed by atoms with Crippen LogP contribution in [0.15, 0.2) is 95.9 Å². The fourth-order valence-electron chi connectivity index (χ4n) is 4.58. The van der Waals surface area contributed by atoms with Gasteiger partial charge in [-0.15, -0.1) is 0 Å². The van der Waals surface area contributed by atoms with Crippen LogP contribution in [0.4, 0.5) is 11.4 Å². The van der Waals surface area contributed by atoms with Gasteiger partial charge in [-0.05, 0) is 73.0 Å². The normalized spacial score (nSPS) is 10.9. The van der Waals surface area contributed by atoms with Crippen LogP contribution in [0.1, 0.15) is 21.5 Å². The van der Waals surface area contributed by atoms with Crippen molar-refractivity contribution in [2.75, 3.05) is 44.0 Å². The van der Waals surface area contributed by atoms with E-state index in [0.29, 0.717) is 24.5 Å². The van der Waals surface area contributed by atoms with Gasteiger partial charge in [0, 0.05) is 6.54 Å². The number of sulfonamides is 1. The summed E-state index contributed by atoms with van der Waals surface area (Å²) < 4.78 is 44.7. The fraction of sp³-hybridized carbons (Fsp3) is 0.212. The maximum Gasteiger partial charge on any atom is 0.264 e. The van der Waals surface area contributed by atoms with E-state index in [1.165, 1.54) is 19.2 Å². The first-order valence-electron chi connectivity index (χ1n) is 13.8. The molecule has 0 aromatic heterocycles. The largest absolute Gasteiger partial charge is 0.495 e. The molecule has 2 amide bonds. The van der Waals surface area contributed by atoms with E-state index >= 15 is 0 Å². The molecule has 11 heteroatoms.